The van der Waals surface area contributed by atoms with Gasteiger partial charge in [-0.25, -0.2) is 0 Å². The Morgan fingerprint density at radius 2 is 1.86 bits per heavy atom. The summed E-state index contributed by atoms with van der Waals surface area (Å²) < 4.78 is 0. The smallest absolute Gasteiger partial charge is 0.134 e. The summed E-state index contributed by atoms with van der Waals surface area (Å²) in [5.41, 5.74) is 9.51. The first-order valence-corrected chi connectivity index (χ1v) is 7.17. The van der Waals surface area contributed by atoms with Crippen LogP contribution in [0, 0.1) is 0 Å². The van der Waals surface area contributed by atoms with Crippen LogP contribution in [0.3, 0.4) is 0 Å². The highest BCUT2D eigenvalue weighted by Gasteiger charge is 2.08. The molecule has 0 aromatic heterocycles. The maximum atomic E-state index is 11.1. The first-order chi connectivity index (χ1) is 10.1. The van der Waals surface area contributed by atoms with Gasteiger partial charge in [0.2, 0.25) is 0 Å². The standard InChI is InChI=1S/C18H21NO2/c1-13(20)11-14-5-7-15(8-6-14)16-3-2-4-17(12-16)18(21)9-10-19/h2-8,12,18,21H,9-11,19H2,1H3. The summed E-state index contributed by atoms with van der Waals surface area (Å²) >= 11 is 0. The van der Waals surface area contributed by atoms with Gasteiger partial charge in [-0.1, -0.05) is 42.5 Å². The van der Waals surface area contributed by atoms with Crippen molar-refractivity contribution < 1.29 is 9.90 Å². The first-order valence-electron chi connectivity index (χ1n) is 7.17. The molecular weight excluding hydrogens is 262 g/mol. The van der Waals surface area contributed by atoms with Gasteiger partial charge >= 0.3 is 0 Å². The van der Waals surface area contributed by atoms with Crippen LogP contribution >= 0.6 is 0 Å². The maximum absolute atomic E-state index is 11.1. The van der Waals surface area contributed by atoms with Crippen molar-refractivity contribution in [3.8, 4) is 11.1 Å². The Kier molecular flexibility index (Phi) is 5.26. The van der Waals surface area contributed by atoms with Crippen LogP contribution in [-0.4, -0.2) is 17.4 Å². The Labute approximate surface area is 125 Å². The predicted octanol–water partition coefficient (Wildman–Crippen LogP) is 2.87. The van der Waals surface area contributed by atoms with E-state index in [1.54, 1.807) is 6.92 Å². The third-order valence-electron chi connectivity index (χ3n) is 3.45. The minimum Gasteiger partial charge on any atom is -0.388 e. The first kappa shape index (κ1) is 15.4. The Morgan fingerprint density at radius 1 is 1.14 bits per heavy atom. The van der Waals surface area contributed by atoms with Crippen molar-refractivity contribution in [1.82, 2.24) is 0 Å². The van der Waals surface area contributed by atoms with Crippen LogP contribution in [0.15, 0.2) is 48.5 Å². The van der Waals surface area contributed by atoms with Crippen molar-refractivity contribution in [3.63, 3.8) is 0 Å². The van der Waals surface area contributed by atoms with E-state index in [4.69, 9.17) is 5.73 Å². The molecule has 3 N–H and O–H groups in total. The summed E-state index contributed by atoms with van der Waals surface area (Å²) in [6.45, 7) is 2.06. The number of Topliss-reactive ketones (excluding diaryl/α,β-unsaturated/α-hetero) is 1. The summed E-state index contributed by atoms with van der Waals surface area (Å²) in [4.78, 5) is 11.1. The highest BCUT2D eigenvalue weighted by molar-refractivity contribution is 5.78. The van der Waals surface area contributed by atoms with Gasteiger partial charge in [0.05, 0.1) is 6.10 Å². The average Bonchev–Trinajstić information content (AvgIpc) is 2.48. The fourth-order valence-corrected chi connectivity index (χ4v) is 2.35. The second-order valence-electron chi connectivity index (χ2n) is 5.29. The van der Waals surface area contributed by atoms with Crippen molar-refractivity contribution in [2.45, 2.75) is 25.9 Å². The zero-order chi connectivity index (χ0) is 15.2. The van der Waals surface area contributed by atoms with E-state index in [0.717, 1.165) is 22.3 Å². The summed E-state index contributed by atoms with van der Waals surface area (Å²) in [6, 6.07) is 15.8. The molecule has 0 saturated heterocycles. The molecule has 0 amide bonds. The molecule has 2 aromatic carbocycles. The Bertz CT molecular complexity index is 605. The molecule has 21 heavy (non-hydrogen) atoms. The van der Waals surface area contributed by atoms with Crippen molar-refractivity contribution in [2.24, 2.45) is 5.73 Å². The lowest BCUT2D eigenvalue weighted by Crippen LogP contribution is -2.06. The third kappa shape index (κ3) is 4.25. The lowest BCUT2D eigenvalue weighted by Gasteiger charge is -2.11. The van der Waals surface area contributed by atoms with E-state index in [0.29, 0.717) is 19.4 Å². The largest absolute Gasteiger partial charge is 0.388 e. The minimum atomic E-state index is -0.521. The molecule has 0 fully saturated rings. The second kappa shape index (κ2) is 7.16. The van der Waals surface area contributed by atoms with Gasteiger partial charge in [-0.3, -0.25) is 4.79 Å². The van der Waals surface area contributed by atoms with E-state index in [1.165, 1.54) is 0 Å². The van der Waals surface area contributed by atoms with Gasteiger partial charge in [0, 0.05) is 6.42 Å². The molecule has 0 aliphatic carbocycles. The molecule has 0 aliphatic heterocycles. The van der Waals surface area contributed by atoms with Gasteiger partial charge in [0.15, 0.2) is 0 Å². The number of carbonyl (C=O) groups is 1. The SMILES string of the molecule is CC(=O)Cc1ccc(-c2cccc(C(O)CCN)c2)cc1. The molecule has 0 aliphatic rings. The fourth-order valence-electron chi connectivity index (χ4n) is 2.35. The highest BCUT2D eigenvalue weighted by atomic mass is 16.3. The number of hydrogen-bond donors (Lipinski definition) is 2. The number of aliphatic hydroxyl groups excluding tert-OH is 1. The van der Waals surface area contributed by atoms with Crippen molar-refractivity contribution in [1.29, 1.82) is 0 Å². The lowest BCUT2D eigenvalue weighted by molar-refractivity contribution is -0.116. The van der Waals surface area contributed by atoms with E-state index >= 15 is 0 Å². The molecule has 0 radical (unpaired) electrons. The second-order valence-corrected chi connectivity index (χ2v) is 5.29. The molecule has 0 heterocycles. The monoisotopic (exact) mass is 283 g/mol. The maximum Gasteiger partial charge on any atom is 0.134 e. The molecule has 0 bridgehead atoms. The van der Waals surface area contributed by atoms with E-state index < -0.39 is 6.10 Å². The topological polar surface area (TPSA) is 63.3 Å². The summed E-state index contributed by atoms with van der Waals surface area (Å²) in [5.74, 6) is 0.162. The minimum absolute atomic E-state index is 0.162. The lowest BCUT2D eigenvalue weighted by atomic mass is 9.98. The van der Waals surface area contributed by atoms with E-state index in [9.17, 15) is 9.90 Å². The van der Waals surface area contributed by atoms with Gasteiger partial charge < -0.3 is 10.8 Å². The number of hydrogen-bond acceptors (Lipinski definition) is 3. The van der Waals surface area contributed by atoms with E-state index in [2.05, 4.69) is 0 Å². The average molecular weight is 283 g/mol. The number of ketones is 1. The zero-order valence-electron chi connectivity index (χ0n) is 12.3. The van der Waals surface area contributed by atoms with Gasteiger partial charge in [-0.15, -0.1) is 0 Å². The van der Waals surface area contributed by atoms with Gasteiger partial charge in [0.25, 0.3) is 0 Å². The van der Waals surface area contributed by atoms with Crippen molar-refractivity contribution in [2.75, 3.05) is 6.54 Å². The molecule has 110 valence electrons. The molecule has 0 spiro atoms. The number of nitrogens with two attached hydrogens (primary N) is 1. The molecule has 2 aromatic rings. The van der Waals surface area contributed by atoms with Gasteiger partial charge in [0.1, 0.15) is 5.78 Å². The molecule has 1 unspecified atom stereocenters. The van der Waals surface area contributed by atoms with Crippen LogP contribution in [0.1, 0.15) is 30.6 Å². The van der Waals surface area contributed by atoms with Crippen LogP contribution < -0.4 is 5.73 Å². The van der Waals surface area contributed by atoms with Gasteiger partial charge in [-0.05, 0) is 48.2 Å². The predicted molar refractivity (Wildman–Crippen MR) is 84.9 cm³/mol. The van der Waals surface area contributed by atoms with Crippen LogP contribution in [-0.2, 0) is 11.2 Å². The molecule has 2 rings (SSSR count). The Morgan fingerprint density at radius 3 is 2.48 bits per heavy atom. The highest BCUT2D eigenvalue weighted by Crippen LogP contribution is 2.25. The third-order valence-corrected chi connectivity index (χ3v) is 3.45. The van der Waals surface area contributed by atoms with Crippen LogP contribution in [0.5, 0.6) is 0 Å². The molecule has 0 saturated carbocycles. The molecular formula is C18H21NO2. The van der Waals surface area contributed by atoms with E-state index in [1.807, 2.05) is 48.5 Å². The van der Waals surface area contributed by atoms with Crippen LogP contribution in [0.4, 0.5) is 0 Å². The quantitative estimate of drug-likeness (QED) is 0.857. The fraction of sp³-hybridized carbons (Fsp3) is 0.278. The normalized spacial score (nSPS) is 12.1. The Balaban J connectivity index is 2.21. The Hall–Kier alpha value is -1.97. The summed E-state index contributed by atoms with van der Waals surface area (Å²) in [7, 11) is 0. The van der Waals surface area contributed by atoms with Crippen molar-refractivity contribution >= 4 is 5.78 Å². The van der Waals surface area contributed by atoms with Crippen molar-refractivity contribution in [3.05, 3.63) is 59.7 Å². The summed E-state index contributed by atoms with van der Waals surface area (Å²) in [5, 5.41) is 10.0. The van der Waals surface area contributed by atoms with Crippen LogP contribution in [0.25, 0.3) is 11.1 Å². The number of rotatable bonds is 6. The molecule has 1 atom stereocenters. The van der Waals surface area contributed by atoms with Crippen LogP contribution in [0.2, 0.25) is 0 Å². The number of aliphatic hydroxyl groups is 1. The molecule has 3 nitrogen and oxygen atoms in total. The molecule has 3 heteroatoms. The zero-order valence-corrected chi connectivity index (χ0v) is 12.3. The number of carbonyl (C=O) groups excluding carboxylic acids is 1. The van der Waals surface area contributed by atoms with Gasteiger partial charge in [-0.2, -0.15) is 0 Å². The summed E-state index contributed by atoms with van der Waals surface area (Å²) in [6.07, 6.45) is 0.503. The number of benzene rings is 2. The van der Waals surface area contributed by atoms with E-state index in [-0.39, 0.29) is 5.78 Å².